The van der Waals surface area contributed by atoms with Crippen molar-refractivity contribution >= 4 is 0 Å². The Morgan fingerprint density at radius 3 is 2.32 bits per heavy atom. The van der Waals surface area contributed by atoms with Crippen LogP contribution in [0.5, 0.6) is 0 Å². The van der Waals surface area contributed by atoms with Gasteiger partial charge < -0.3 is 0 Å². The van der Waals surface area contributed by atoms with Gasteiger partial charge in [0, 0.05) is 23.5 Å². The Labute approximate surface area is 158 Å². The molecule has 0 bridgehead atoms. The lowest BCUT2D eigenvalue weighted by Gasteiger charge is -2.12. The van der Waals surface area contributed by atoms with Crippen LogP contribution in [0.4, 0.5) is 13.2 Å². The Hall–Kier alpha value is -3.49. The molecule has 28 heavy (non-hydrogen) atoms. The number of alkyl halides is 3. The number of aryl methyl sites for hydroxylation is 1. The van der Waals surface area contributed by atoms with Gasteiger partial charge in [0.1, 0.15) is 5.69 Å². The molecule has 0 aliphatic rings. The topological polar surface area (TPSA) is 61.4 Å². The molecule has 0 saturated heterocycles. The number of hydrogen-bond acceptors (Lipinski definition) is 4. The fourth-order valence-electron chi connectivity index (χ4n) is 2.93. The third-order valence-electron chi connectivity index (χ3n) is 4.32. The van der Waals surface area contributed by atoms with Gasteiger partial charge in [-0.3, -0.25) is 4.98 Å². The first-order valence-corrected chi connectivity index (χ1v) is 8.55. The van der Waals surface area contributed by atoms with E-state index in [1.807, 2.05) is 0 Å². The molecule has 0 N–H and O–H groups in total. The van der Waals surface area contributed by atoms with E-state index in [0.717, 1.165) is 15.9 Å². The van der Waals surface area contributed by atoms with Gasteiger partial charge in [0.15, 0.2) is 5.69 Å². The lowest BCUT2D eigenvalue weighted by atomic mass is 10.1. The van der Waals surface area contributed by atoms with E-state index in [-0.39, 0.29) is 12.0 Å². The van der Waals surface area contributed by atoms with Crippen LogP contribution in [-0.4, -0.2) is 29.8 Å². The highest BCUT2D eigenvalue weighted by Gasteiger charge is 2.38. The molecule has 9 heteroatoms. The van der Waals surface area contributed by atoms with Gasteiger partial charge in [-0.05, 0) is 30.7 Å². The van der Waals surface area contributed by atoms with Gasteiger partial charge in [-0.2, -0.15) is 18.3 Å². The van der Waals surface area contributed by atoms with E-state index in [0.29, 0.717) is 11.4 Å². The Balaban J connectivity index is 1.66. The summed E-state index contributed by atoms with van der Waals surface area (Å²) in [7, 11) is 0. The lowest BCUT2D eigenvalue weighted by molar-refractivity contribution is -0.143. The van der Waals surface area contributed by atoms with Crippen molar-refractivity contribution in [1.82, 2.24) is 29.8 Å². The Morgan fingerprint density at radius 1 is 0.964 bits per heavy atom. The summed E-state index contributed by atoms with van der Waals surface area (Å²) in [6.07, 6.45) is 2.08. The molecule has 0 atom stereocenters. The average molecular weight is 384 g/mol. The zero-order chi connectivity index (χ0) is 19.7. The highest BCUT2D eigenvalue weighted by atomic mass is 19.4. The minimum Gasteiger partial charge on any atom is -0.265 e. The fourth-order valence-corrected chi connectivity index (χ4v) is 2.93. The molecule has 0 aliphatic carbocycles. The highest BCUT2D eigenvalue weighted by molar-refractivity contribution is 5.60. The molecular formula is C19H15F3N6. The molecular weight excluding hydrogens is 369 g/mol. The van der Waals surface area contributed by atoms with Crippen molar-refractivity contribution in [3.05, 3.63) is 72.4 Å². The van der Waals surface area contributed by atoms with Gasteiger partial charge in [0.25, 0.3) is 0 Å². The maximum Gasteiger partial charge on any atom is 0.433 e. The normalized spacial score (nSPS) is 11.7. The van der Waals surface area contributed by atoms with Crippen molar-refractivity contribution < 1.29 is 13.2 Å². The number of rotatable bonds is 4. The number of pyridine rings is 1. The third kappa shape index (κ3) is 3.26. The summed E-state index contributed by atoms with van der Waals surface area (Å²) in [5, 5.41) is 12.1. The van der Waals surface area contributed by atoms with Crippen LogP contribution in [0.15, 0.2) is 61.2 Å². The van der Waals surface area contributed by atoms with Crippen molar-refractivity contribution in [3.8, 4) is 22.6 Å². The first-order valence-electron chi connectivity index (χ1n) is 8.55. The molecule has 3 heterocycles. The van der Waals surface area contributed by atoms with Crippen molar-refractivity contribution in [2.45, 2.75) is 19.5 Å². The fraction of sp³-hybridized carbons (Fsp3) is 0.158. The van der Waals surface area contributed by atoms with Crippen molar-refractivity contribution in [2.75, 3.05) is 0 Å². The van der Waals surface area contributed by atoms with Crippen molar-refractivity contribution in [2.24, 2.45) is 0 Å². The van der Waals surface area contributed by atoms with E-state index in [9.17, 15) is 13.2 Å². The van der Waals surface area contributed by atoms with Crippen LogP contribution in [0.1, 0.15) is 18.2 Å². The van der Waals surface area contributed by atoms with E-state index in [1.165, 1.54) is 6.20 Å². The monoisotopic (exact) mass is 384 g/mol. The zero-order valence-corrected chi connectivity index (χ0v) is 14.8. The molecule has 0 aliphatic heterocycles. The molecule has 0 radical (unpaired) electrons. The molecule has 3 aromatic heterocycles. The maximum atomic E-state index is 13.4. The minimum atomic E-state index is -4.48. The van der Waals surface area contributed by atoms with Crippen LogP contribution in [0.2, 0.25) is 0 Å². The Bertz CT molecular complexity index is 1080. The number of hydrogen-bond donors (Lipinski definition) is 0. The molecule has 0 amide bonds. The quantitative estimate of drug-likeness (QED) is 0.532. The minimum absolute atomic E-state index is 0.164. The summed E-state index contributed by atoms with van der Waals surface area (Å²) in [4.78, 5) is 3.96. The Kier molecular flexibility index (Phi) is 4.42. The lowest BCUT2D eigenvalue weighted by Crippen LogP contribution is -2.15. The summed E-state index contributed by atoms with van der Waals surface area (Å²) in [6.45, 7) is 1.67. The average Bonchev–Trinajstić information content (AvgIpc) is 3.36. The molecule has 0 saturated carbocycles. The van der Waals surface area contributed by atoms with E-state index in [4.69, 9.17) is 0 Å². The first kappa shape index (κ1) is 17.9. The molecule has 142 valence electrons. The standard InChI is InChI=1S/C19H15F3N6/c1-2-13-11-24-28(18(13)19(20,21)22)16-5-3-14(4-6-16)17-12-27(26-25-17)15-7-9-23-10-8-15/h3-12H,2H2,1H3. The van der Waals surface area contributed by atoms with Gasteiger partial charge in [-0.1, -0.05) is 24.3 Å². The maximum absolute atomic E-state index is 13.4. The second kappa shape index (κ2) is 6.91. The van der Waals surface area contributed by atoms with Crippen molar-refractivity contribution in [1.29, 1.82) is 0 Å². The second-order valence-corrected chi connectivity index (χ2v) is 6.08. The summed E-state index contributed by atoms with van der Waals surface area (Å²) < 4.78 is 42.8. The summed E-state index contributed by atoms with van der Waals surface area (Å²) in [5.74, 6) is 0. The third-order valence-corrected chi connectivity index (χ3v) is 4.32. The number of nitrogens with zero attached hydrogens (tertiary/aromatic N) is 6. The SMILES string of the molecule is CCc1cnn(-c2ccc(-c3cn(-c4ccncc4)nn3)cc2)c1C(F)(F)F. The largest absolute Gasteiger partial charge is 0.433 e. The van der Waals surface area contributed by atoms with Gasteiger partial charge in [0.2, 0.25) is 0 Å². The highest BCUT2D eigenvalue weighted by Crippen LogP contribution is 2.34. The summed E-state index contributed by atoms with van der Waals surface area (Å²) in [5.41, 5.74) is 1.90. The predicted octanol–water partition coefficient (Wildman–Crippen LogP) is 4.10. The van der Waals surface area contributed by atoms with Crippen LogP contribution in [0.3, 0.4) is 0 Å². The molecule has 1 aromatic carbocycles. The molecule has 4 aromatic rings. The first-order chi connectivity index (χ1) is 13.5. The van der Waals surface area contributed by atoms with E-state index in [2.05, 4.69) is 20.4 Å². The second-order valence-electron chi connectivity index (χ2n) is 6.08. The molecule has 6 nitrogen and oxygen atoms in total. The predicted molar refractivity (Wildman–Crippen MR) is 96.1 cm³/mol. The van der Waals surface area contributed by atoms with Crippen LogP contribution in [-0.2, 0) is 12.6 Å². The Morgan fingerprint density at radius 2 is 1.68 bits per heavy atom. The smallest absolute Gasteiger partial charge is 0.265 e. The van der Waals surface area contributed by atoms with Gasteiger partial charge >= 0.3 is 6.18 Å². The van der Waals surface area contributed by atoms with Crippen LogP contribution in [0.25, 0.3) is 22.6 Å². The van der Waals surface area contributed by atoms with Gasteiger partial charge in [-0.25, -0.2) is 9.36 Å². The van der Waals surface area contributed by atoms with Gasteiger partial charge in [-0.15, -0.1) is 5.10 Å². The van der Waals surface area contributed by atoms with E-state index >= 15 is 0 Å². The summed E-state index contributed by atoms with van der Waals surface area (Å²) in [6, 6.07) is 10.2. The molecule has 0 fully saturated rings. The van der Waals surface area contributed by atoms with E-state index < -0.39 is 11.9 Å². The van der Waals surface area contributed by atoms with Crippen LogP contribution >= 0.6 is 0 Å². The van der Waals surface area contributed by atoms with Crippen molar-refractivity contribution in [3.63, 3.8) is 0 Å². The van der Waals surface area contributed by atoms with E-state index in [1.54, 1.807) is 66.6 Å². The molecule has 0 unspecified atom stereocenters. The number of aromatic nitrogens is 6. The molecule has 0 spiro atoms. The number of halogens is 3. The van der Waals surface area contributed by atoms with Crippen LogP contribution < -0.4 is 0 Å². The zero-order valence-electron chi connectivity index (χ0n) is 14.8. The molecule has 4 rings (SSSR count). The van der Waals surface area contributed by atoms with Crippen LogP contribution in [0, 0.1) is 0 Å². The number of benzene rings is 1. The summed E-state index contributed by atoms with van der Waals surface area (Å²) >= 11 is 0. The van der Waals surface area contributed by atoms with Gasteiger partial charge in [0.05, 0.1) is 23.8 Å².